The Morgan fingerprint density at radius 3 is 2.50 bits per heavy atom. The smallest absolute Gasteiger partial charge is 0.312 e. The van der Waals surface area contributed by atoms with Gasteiger partial charge in [-0.25, -0.2) is 4.68 Å². The zero-order valence-electron chi connectivity index (χ0n) is 20.1. The van der Waals surface area contributed by atoms with E-state index >= 15 is 0 Å². The van der Waals surface area contributed by atoms with E-state index in [1.807, 2.05) is 13.8 Å². The van der Waals surface area contributed by atoms with E-state index in [1.165, 1.54) is 49.4 Å². The van der Waals surface area contributed by atoms with E-state index in [2.05, 4.69) is 17.3 Å². The number of carbonyl (C=O) groups excluding carboxylic acids is 1. The maximum absolute atomic E-state index is 13.2. The van der Waals surface area contributed by atoms with Crippen molar-refractivity contribution >= 4 is 18.1 Å². The van der Waals surface area contributed by atoms with Gasteiger partial charge in [0.25, 0.3) is 5.91 Å². The van der Waals surface area contributed by atoms with E-state index in [0.29, 0.717) is 24.0 Å². The molecule has 1 aromatic heterocycles. The van der Waals surface area contributed by atoms with Crippen molar-refractivity contribution in [2.75, 3.05) is 6.61 Å². The molecular weight excluding hydrogens is 406 g/mol. The molecule has 2 saturated carbocycles. The SMILES string of the molecule is CC(C)COc1c(C(=O)NC(C)C2CC3CCCC(C3)C2)cnn1/C=C/C(C)(C)C(=O)O. The van der Waals surface area contributed by atoms with Crippen LogP contribution in [-0.2, 0) is 4.79 Å². The molecule has 2 fully saturated rings. The van der Waals surface area contributed by atoms with Crippen molar-refractivity contribution in [1.82, 2.24) is 15.1 Å². The van der Waals surface area contributed by atoms with Crippen LogP contribution in [0.2, 0.25) is 0 Å². The van der Waals surface area contributed by atoms with E-state index in [0.717, 1.165) is 11.8 Å². The number of hydrogen-bond donors (Lipinski definition) is 2. The fourth-order valence-corrected chi connectivity index (χ4v) is 4.92. The fourth-order valence-electron chi connectivity index (χ4n) is 4.92. The summed E-state index contributed by atoms with van der Waals surface area (Å²) >= 11 is 0. The Labute approximate surface area is 191 Å². The molecule has 3 atom stereocenters. The van der Waals surface area contributed by atoms with Crippen molar-refractivity contribution in [1.29, 1.82) is 0 Å². The number of nitrogens with zero attached hydrogens (tertiary/aromatic N) is 2. The molecule has 7 heteroatoms. The molecule has 7 nitrogen and oxygen atoms in total. The van der Waals surface area contributed by atoms with Crippen molar-refractivity contribution < 1.29 is 19.4 Å². The van der Waals surface area contributed by atoms with E-state index in [1.54, 1.807) is 26.1 Å². The molecule has 3 unspecified atom stereocenters. The minimum atomic E-state index is -1.06. The van der Waals surface area contributed by atoms with Gasteiger partial charge in [0.2, 0.25) is 5.88 Å². The number of hydrogen-bond acceptors (Lipinski definition) is 4. The minimum Gasteiger partial charge on any atom is -0.481 e. The van der Waals surface area contributed by atoms with Crippen molar-refractivity contribution in [3.8, 4) is 5.88 Å². The number of carboxylic acid groups (broad SMARTS) is 1. The van der Waals surface area contributed by atoms with Gasteiger partial charge in [-0.15, -0.1) is 0 Å². The van der Waals surface area contributed by atoms with Crippen LogP contribution in [0.4, 0.5) is 0 Å². The highest BCUT2D eigenvalue weighted by Gasteiger charge is 2.35. The molecule has 2 aliphatic carbocycles. The molecule has 0 saturated heterocycles. The molecule has 2 N–H and O–H groups in total. The second-order valence-electron chi connectivity index (χ2n) is 10.7. The highest BCUT2D eigenvalue weighted by Crippen LogP contribution is 2.43. The molecule has 2 bridgehead atoms. The lowest BCUT2D eigenvalue weighted by Gasteiger charge is -2.41. The Morgan fingerprint density at radius 2 is 1.91 bits per heavy atom. The molecule has 1 amide bonds. The quantitative estimate of drug-likeness (QED) is 0.568. The van der Waals surface area contributed by atoms with Gasteiger partial charge in [-0.3, -0.25) is 9.59 Å². The highest BCUT2D eigenvalue weighted by atomic mass is 16.5. The first kappa shape index (κ1) is 24.3. The number of carboxylic acids is 1. The number of aromatic nitrogens is 2. The average molecular weight is 446 g/mol. The lowest BCUT2D eigenvalue weighted by Crippen LogP contribution is -2.42. The number of carbonyl (C=O) groups is 2. The van der Waals surface area contributed by atoms with Crippen molar-refractivity contribution in [2.45, 2.75) is 79.2 Å². The molecule has 178 valence electrons. The third kappa shape index (κ3) is 5.93. The molecule has 0 aliphatic heterocycles. The van der Waals surface area contributed by atoms with Gasteiger partial charge < -0.3 is 15.2 Å². The number of amides is 1. The number of rotatable bonds is 9. The van der Waals surface area contributed by atoms with E-state index in [4.69, 9.17) is 4.74 Å². The van der Waals surface area contributed by atoms with E-state index < -0.39 is 11.4 Å². The third-order valence-corrected chi connectivity index (χ3v) is 6.96. The van der Waals surface area contributed by atoms with E-state index in [9.17, 15) is 14.7 Å². The zero-order valence-corrected chi connectivity index (χ0v) is 20.1. The van der Waals surface area contributed by atoms with Crippen LogP contribution in [0.5, 0.6) is 5.88 Å². The van der Waals surface area contributed by atoms with Crippen LogP contribution < -0.4 is 10.1 Å². The third-order valence-electron chi connectivity index (χ3n) is 6.96. The molecule has 32 heavy (non-hydrogen) atoms. The first-order chi connectivity index (χ1) is 15.1. The van der Waals surface area contributed by atoms with Crippen LogP contribution in [0.15, 0.2) is 12.3 Å². The van der Waals surface area contributed by atoms with Crippen LogP contribution in [0.25, 0.3) is 6.20 Å². The second-order valence-corrected chi connectivity index (χ2v) is 10.7. The number of nitrogens with one attached hydrogen (secondary N) is 1. The van der Waals surface area contributed by atoms with Crippen LogP contribution in [0, 0.1) is 29.1 Å². The summed E-state index contributed by atoms with van der Waals surface area (Å²) in [5.74, 6) is 1.62. The molecule has 1 aromatic rings. The largest absolute Gasteiger partial charge is 0.481 e. The van der Waals surface area contributed by atoms with Crippen LogP contribution in [0.1, 0.15) is 83.5 Å². The topological polar surface area (TPSA) is 93.5 Å². The van der Waals surface area contributed by atoms with Crippen LogP contribution in [-0.4, -0.2) is 39.4 Å². The van der Waals surface area contributed by atoms with Crippen LogP contribution >= 0.6 is 0 Å². The van der Waals surface area contributed by atoms with Gasteiger partial charge in [0.05, 0.1) is 18.2 Å². The van der Waals surface area contributed by atoms with Gasteiger partial charge in [0.15, 0.2) is 0 Å². The highest BCUT2D eigenvalue weighted by molar-refractivity contribution is 5.96. The van der Waals surface area contributed by atoms with Gasteiger partial charge in [-0.1, -0.05) is 33.1 Å². The van der Waals surface area contributed by atoms with Crippen molar-refractivity contribution in [2.24, 2.45) is 29.1 Å². The van der Waals surface area contributed by atoms with Gasteiger partial charge in [-0.05, 0) is 69.8 Å². The van der Waals surface area contributed by atoms with Crippen molar-refractivity contribution in [3.05, 3.63) is 17.8 Å². The molecule has 0 aromatic carbocycles. The molecule has 3 rings (SSSR count). The predicted molar refractivity (Wildman–Crippen MR) is 124 cm³/mol. The minimum absolute atomic E-state index is 0.0914. The molecule has 1 heterocycles. The summed E-state index contributed by atoms with van der Waals surface area (Å²) in [4.78, 5) is 24.6. The lowest BCUT2D eigenvalue weighted by atomic mass is 9.66. The lowest BCUT2D eigenvalue weighted by molar-refractivity contribution is -0.144. The molecule has 0 spiro atoms. The monoisotopic (exact) mass is 445 g/mol. The summed E-state index contributed by atoms with van der Waals surface area (Å²) in [6.07, 6.45) is 12.4. The summed E-state index contributed by atoms with van der Waals surface area (Å²) in [6, 6.07) is 0.0914. The van der Waals surface area contributed by atoms with Crippen LogP contribution in [0.3, 0.4) is 0 Å². The Hall–Kier alpha value is -2.31. The number of ether oxygens (including phenoxy) is 1. The normalized spacial score (nSPS) is 24.5. The molecular formula is C25H39N3O4. The Balaban J connectivity index is 1.75. The molecule has 0 radical (unpaired) electrons. The van der Waals surface area contributed by atoms with Crippen molar-refractivity contribution in [3.63, 3.8) is 0 Å². The summed E-state index contributed by atoms with van der Waals surface area (Å²) in [6.45, 7) is 9.83. The predicted octanol–water partition coefficient (Wildman–Crippen LogP) is 4.83. The maximum Gasteiger partial charge on any atom is 0.312 e. The Bertz CT molecular complexity index is 830. The first-order valence-electron chi connectivity index (χ1n) is 12.0. The summed E-state index contributed by atoms with van der Waals surface area (Å²) < 4.78 is 7.40. The molecule has 2 aliphatic rings. The maximum atomic E-state index is 13.2. The first-order valence-corrected chi connectivity index (χ1v) is 12.0. The van der Waals surface area contributed by atoms with Gasteiger partial charge in [-0.2, -0.15) is 5.10 Å². The summed E-state index contributed by atoms with van der Waals surface area (Å²) in [5.41, 5.74) is -0.677. The Morgan fingerprint density at radius 1 is 1.25 bits per heavy atom. The van der Waals surface area contributed by atoms with Gasteiger partial charge in [0, 0.05) is 12.2 Å². The van der Waals surface area contributed by atoms with Gasteiger partial charge in [0.1, 0.15) is 5.56 Å². The Kier molecular flexibility index (Phi) is 7.67. The summed E-state index contributed by atoms with van der Waals surface area (Å²) in [5, 5.41) is 16.9. The fraction of sp³-hybridized carbons (Fsp3) is 0.720. The zero-order chi connectivity index (χ0) is 23.5. The number of aliphatic carboxylic acids is 1. The second kappa shape index (κ2) is 10.1. The average Bonchev–Trinajstić information content (AvgIpc) is 3.13. The van der Waals surface area contributed by atoms with Gasteiger partial charge >= 0.3 is 5.97 Å². The van der Waals surface area contributed by atoms with E-state index in [-0.39, 0.29) is 17.9 Å². The summed E-state index contributed by atoms with van der Waals surface area (Å²) in [7, 11) is 0. The number of fused-ring (bicyclic) bond motifs is 2. The standard InChI is InChI=1S/C25H39N3O4/c1-16(2)15-32-23-21(14-26-28(23)10-9-25(4,5)24(30)31)22(29)27-17(3)20-12-18-7-6-8-19(11-18)13-20/h9-10,14,16-20H,6-8,11-13,15H2,1-5H3,(H,27,29)(H,30,31)/b10-9+.